The lowest BCUT2D eigenvalue weighted by atomic mass is 9.88. The van der Waals surface area contributed by atoms with E-state index < -0.39 is 0 Å². The Kier molecular flexibility index (Phi) is 3.41. The molecule has 0 atom stereocenters. The van der Waals surface area contributed by atoms with E-state index in [1.807, 2.05) is 12.1 Å². The predicted octanol–water partition coefficient (Wildman–Crippen LogP) is 4.20. The van der Waals surface area contributed by atoms with E-state index in [2.05, 4.69) is 20.8 Å². The maximum Gasteiger partial charge on any atom is 0.165 e. The number of hydrogen-bond acceptors (Lipinski definition) is 1. The van der Waals surface area contributed by atoms with Gasteiger partial charge in [-0.05, 0) is 48.3 Å². The van der Waals surface area contributed by atoms with Gasteiger partial charge in [-0.3, -0.25) is 0 Å². The van der Waals surface area contributed by atoms with Crippen molar-refractivity contribution in [2.45, 2.75) is 40.0 Å². The van der Waals surface area contributed by atoms with Crippen LogP contribution in [0.5, 0.6) is 5.75 Å². The normalized spacial score (nSPS) is 16.0. The molecular formula is C15H21FO. The lowest BCUT2D eigenvalue weighted by molar-refractivity contribution is 0.284. The van der Waals surface area contributed by atoms with E-state index in [-0.39, 0.29) is 11.2 Å². The van der Waals surface area contributed by atoms with E-state index >= 15 is 0 Å². The fourth-order valence-corrected chi connectivity index (χ4v) is 1.87. The van der Waals surface area contributed by atoms with Gasteiger partial charge >= 0.3 is 0 Å². The molecule has 0 bridgehead atoms. The van der Waals surface area contributed by atoms with Gasteiger partial charge in [-0.25, -0.2) is 4.39 Å². The molecule has 0 radical (unpaired) electrons. The molecule has 0 heterocycles. The molecule has 2 rings (SSSR count). The molecule has 0 aromatic heterocycles. The molecule has 94 valence electrons. The Morgan fingerprint density at radius 1 is 1.29 bits per heavy atom. The highest BCUT2D eigenvalue weighted by Gasteiger charge is 2.22. The van der Waals surface area contributed by atoms with Crippen LogP contribution in [-0.4, -0.2) is 6.61 Å². The van der Waals surface area contributed by atoms with Crippen LogP contribution in [-0.2, 0) is 6.42 Å². The van der Waals surface area contributed by atoms with E-state index in [9.17, 15) is 4.39 Å². The van der Waals surface area contributed by atoms with Crippen LogP contribution >= 0.6 is 0 Å². The predicted molar refractivity (Wildman–Crippen MR) is 67.8 cm³/mol. The van der Waals surface area contributed by atoms with Gasteiger partial charge in [0.25, 0.3) is 0 Å². The van der Waals surface area contributed by atoms with Crippen molar-refractivity contribution in [3.05, 3.63) is 29.6 Å². The standard InChI is InChI=1S/C15H21FO/c1-15(2,3)9-12-6-7-13(16)14(8-12)17-10-11-4-5-11/h6-8,11H,4-5,9-10H2,1-3H3. The van der Waals surface area contributed by atoms with Crippen molar-refractivity contribution in [1.82, 2.24) is 0 Å². The van der Waals surface area contributed by atoms with Crippen LogP contribution in [0.4, 0.5) is 4.39 Å². The van der Waals surface area contributed by atoms with Crippen molar-refractivity contribution < 1.29 is 9.13 Å². The summed E-state index contributed by atoms with van der Waals surface area (Å²) in [4.78, 5) is 0. The van der Waals surface area contributed by atoms with E-state index in [0.29, 0.717) is 18.3 Å². The molecule has 1 aliphatic rings. The molecule has 1 aromatic rings. The minimum Gasteiger partial charge on any atom is -0.490 e. The molecule has 1 aromatic carbocycles. The second-order valence-electron chi connectivity index (χ2n) is 6.26. The van der Waals surface area contributed by atoms with Crippen LogP contribution in [0, 0.1) is 17.2 Å². The molecule has 1 aliphatic carbocycles. The Hall–Kier alpha value is -1.05. The first-order valence-electron chi connectivity index (χ1n) is 6.35. The number of rotatable bonds is 4. The summed E-state index contributed by atoms with van der Waals surface area (Å²) in [5, 5.41) is 0. The van der Waals surface area contributed by atoms with E-state index in [1.54, 1.807) is 0 Å². The first kappa shape index (κ1) is 12.4. The third-order valence-electron chi connectivity index (χ3n) is 2.90. The topological polar surface area (TPSA) is 9.23 Å². The third kappa shape index (κ3) is 4.03. The molecule has 2 heteroatoms. The quantitative estimate of drug-likeness (QED) is 0.761. The molecule has 1 fully saturated rings. The molecule has 1 saturated carbocycles. The van der Waals surface area contributed by atoms with Crippen LogP contribution in [0.1, 0.15) is 39.2 Å². The van der Waals surface area contributed by atoms with E-state index in [4.69, 9.17) is 4.74 Å². The molecular weight excluding hydrogens is 215 g/mol. The number of ether oxygens (including phenoxy) is 1. The molecule has 0 amide bonds. The summed E-state index contributed by atoms with van der Waals surface area (Å²) in [5.74, 6) is 0.822. The highest BCUT2D eigenvalue weighted by atomic mass is 19.1. The van der Waals surface area contributed by atoms with Gasteiger partial charge < -0.3 is 4.74 Å². The highest BCUT2D eigenvalue weighted by molar-refractivity contribution is 5.31. The molecule has 0 spiro atoms. The largest absolute Gasteiger partial charge is 0.490 e. The van der Waals surface area contributed by atoms with Crippen molar-refractivity contribution in [3.8, 4) is 5.75 Å². The monoisotopic (exact) mass is 236 g/mol. The maximum absolute atomic E-state index is 13.5. The summed E-state index contributed by atoms with van der Waals surface area (Å²) >= 11 is 0. The summed E-state index contributed by atoms with van der Waals surface area (Å²) < 4.78 is 19.1. The molecule has 0 saturated heterocycles. The minimum absolute atomic E-state index is 0.214. The van der Waals surface area contributed by atoms with E-state index in [1.165, 1.54) is 18.9 Å². The number of halogens is 1. The number of hydrogen-bond donors (Lipinski definition) is 0. The zero-order chi connectivity index (χ0) is 12.5. The second-order valence-corrected chi connectivity index (χ2v) is 6.26. The lowest BCUT2D eigenvalue weighted by Gasteiger charge is -2.18. The highest BCUT2D eigenvalue weighted by Crippen LogP contribution is 2.31. The minimum atomic E-state index is -0.247. The Morgan fingerprint density at radius 2 is 2.00 bits per heavy atom. The Labute approximate surface area is 103 Å². The van der Waals surface area contributed by atoms with Crippen molar-refractivity contribution >= 4 is 0 Å². The van der Waals surface area contributed by atoms with Gasteiger partial charge in [-0.1, -0.05) is 26.8 Å². The summed E-state index contributed by atoms with van der Waals surface area (Å²) in [6.45, 7) is 7.21. The third-order valence-corrected chi connectivity index (χ3v) is 2.90. The fourth-order valence-electron chi connectivity index (χ4n) is 1.87. The van der Waals surface area contributed by atoms with Gasteiger partial charge in [0.1, 0.15) is 0 Å². The van der Waals surface area contributed by atoms with Gasteiger partial charge in [0.2, 0.25) is 0 Å². The smallest absolute Gasteiger partial charge is 0.165 e. The van der Waals surface area contributed by atoms with Crippen LogP contribution in [0.2, 0.25) is 0 Å². The number of benzene rings is 1. The SMILES string of the molecule is CC(C)(C)Cc1ccc(F)c(OCC2CC2)c1. The average molecular weight is 236 g/mol. The average Bonchev–Trinajstić information content (AvgIpc) is 3.00. The van der Waals surface area contributed by atoms with Gasteiger partial charge in [0.15, 0.2) is 11.6 Å². The first-order chi connectivity index (χ1) is 7.94. The van der Waals surface area contributed by atoms with Crippen LogP contribution in [0.25, 0.3) is 0 Å². The zero-order valence-corrected chi connectivity index (χ0v) is 10.9. The summed E-state index contributed by atoms with van der Waals surface area (Å²) in [6, 6.07) is 5.22. The van der Waals surface area contributed by atoms with Crippen LogP contribution in [0.3, 0.4) is 0 Å². The van der Waals surface area contributed by atoms with Gasteiger partial charge in [0.05, 0.1) is 6.61 Å². The van der Waals surface area contributed by atoms with Gasteiger partial charge in [-0.2, -0.15) is 0 Å². The van der Waals surface area contributed by atoms with Crippen LogP contribution < -0.4 is 4.74 Å². The molecule has 0 unspecified atom stereocenters. The molecule has 1 nitrogen and oxygen atoms in total. The van der Waals surface area contributed by atoms with E-state index in [0.717, 1.165) is 12.0 Å². The fraction of sp³-hybridized carbons (Fsp3) is 0.600. The summed E-state index contributed by atoms with van der Waals surface area (Å²) in [6.07, 6.45) is 3.39. The second kappa shape index (κ2) is 4.67. The lowest BCUT2D eigenvalue weighted by Crippen LogP contribution is -2.09. The Morgan fingerprint density at radius 3 is 2.59 bits per heavy atom. The van der Waals surface area contributed by atoms with Crippen molar-refractivity contribution in [1.29, 1.82) is 0 Å². The van der Waals surface area contributed by atoms with Crippen molar-refractivity contribution in [2.75, 3.05) is 6.61 Å². The molecule has 0 aliphatic heterocycles. The maximum atomic E-state index is 13.5. The van der Waals surface area contributed by atoms with Crippen molar-refractivity contribution in [2.24, 2.45) is 11.3 Å². The van der Waals surface area contributed by atoms with Crippen molar-refractivity contribution in [3.63, 3.8) is 0 Å². The zero-order valence-electron chi connectivity index (χ0n) is 10.9. The summed E-state index contributed by atoms with van der Waals surface area (Å²) in [5.41, 5.74) is 1.36. The molecule has 17 heavy (non-hydrogen) atoms. The first-order valence-corrected chi connectivity index (χ1v) is 6.35. The Balaban J connectivity index is 2.05. The van der Waals surface area contributed by atoms with Gasteiger partial charge in [-0.15, -0.1) is 0 Å². The summed E-state index contributed by atoms with van der Waals surface area (Å²) in [7, 11) is 0. The Bertz CT molecular complexity index is 388. The molecule has 0 N–H and O–H groups in total. The van der Waals surface area contributed by atoms with Crippen LogP contribution in [0.15, 0.2) is 18.2 Å². The van der Waals surface area contributed by atoms with Gasteiger partial charge in [0, 0.05) is 0 Å².